The number of ether oxygens (including phenoxy) is 1. The zero-order valence-corrected chi connectivity index (χ0v) is 11.6. The summed E-state index contributed by atoms with van der Waals surface area (Å²) < 4.78 is 45.0. The van der Waals surface area contributed by atoms with E-state index in [0.717, 1.165) is 12.8 Å². The number of halogens is 3. The molecule has 0 rings (SSSR count). The second kappa shape index (κ2) is 9.56. The molecule has 0 bridgehead atoms. The van der Waals surface area contributed by atoms with Crippen LogP contribution in [0.5, 0.6) is 0 Å². The normalized spacial score (nSPS) is 13.4. The number of hydrogen-bond acceptors (Lipinski definition) is 3. The van der Waals surface area contributed by atoms with Crippen LogP contribution in [0.1, 0.15) is 45.4 Å². The summed E-state index contributed by atoms with van der Waals surface area (Å²) in [6.07, 6.45) is -2.50. The van der Waals surface area contributed by atoms with E-state index >= 15 is 0 Å². The van der Waals surface area contributed by atoms with Crippen LogP contribution in [0.3, 0.4) is 0 Å². The number of unbranched alkanes of at least 4 members (excludes halogenated alkanes) is 4. The molecule has 0 aliphatic rings. The Morgan fingerprint density at radius 2 is 1.72 bits per heavy atom. The van der Waals surface area contributed by atoms with Crippen LogP contribution in [0.4, 0.5) is 13.2 Å². The highest BCUT2D eigenvalue weighted by Crippen LogP contribution is 2.22. The first-order chi connectivity index (χ1) is 8.37. The molecule has 0 aliphatic heterocycles. The van der Waals surface area contributed by atoms with Gasteiger partial charge in [-0.15, -0.1) is 0 Å². The van der Waals surface area contributed by atoms with Crippen LogP contribution in [0, 0.1) is 0 Å². The Balaban J connectivity index is 3.29. The van der Waals surface area contributed by atoms with Crippen molar-refractivity contribution < 1.29 is 27.2 Å². The van der Waals surface area contributed by atoms with Gasteiger partial charge in [0.1, 0.15) is 0 Å². The Morgan fingerprint density at radius 3 is 2.28 bits per heavy atom. The van der Waals surface area contributed by atoms with Crippen molar-refractivity contribution in [3.8, 4) is 0 Å². The quantitative estimate of drug-likeness (QED) is 0.369. The van der Waals surface area contributed by atoms with Crippen molar-refractivity contribution in [3.05, 3.63) is 0 Å². The summed E-state index contributed by atoms with van der Waals surface area (Å²) in [7, 11) is 1.99. The van der Waals surface area contributed by atoms with Crippen LogP contribution < -0.4 is 0 Å². The van der Waals surface area contributed by atoms with Crippen molar-refractivity contribution in [2.24, 2.45) is 0 Å². The molecule has 7 heteroatoms. The van der Waals surface area contributed by atoms with Crippen LogP contribution in [0.25, 0.3) is 0 Å². The largest absolute Gasteiger partial charge is 0.464 e. The van der Waals surface area contributed by atoms with Crippen molar-refractivity contribution in [2.75, 3.05) is 6.61 Å². The van der Waals surface area contributed by atoms with Crippen LogP contribution in [0.2, 0.25) is 0 Å². The Bertz CT molecular complexity index is 234. The van der Waals surface area contributed by atoms with Gasteiger partial charge in [-0.3, -0.25) is 0 Å². The van der Waals surface area contributed by atoms with Gasteiger partial charge < -0.3 is 9.26 Å². The average molecular weight is 288 g/mol. The Labute approximate surface area is 108 Å². The SMILES string of the molecule is CC(OP)C(=O)OCCCCCCCC(F)(F)F. The molecule has 3 nitrogen and oxygen atoms in total. The maximum Gasteiger partial charge on any atom is 0.389 e. The summed E-state index contributed by atoms with van der Waals surface area (Å²) >= 11 is 0. The number of alkyl halides is 3. The fourth-order valence-corrected chi connectivity index (χ4v) is 1.41. The van der Waals surface area contributed by atoms with Gasteiger partial charge in [-0.2, -0.15) is 13.2 Å². The van der Waals surface area contributed by atoms with E-state index in [2.05, 4.69) is 4.52 Å². The lowest BCUT2D eigenvalue weighted by atomic mass is 10.1. The number of rotatable bonds is 9. The van der Waals surface area contributed by atoms with E-state index in [4.69, 9.17) is 4.74 Å². The highest BCUT2D eigenvalue weighted by atomic mass is 31.0. The van der Waals surface area contributed by atoms with Crippen LogP contribution in [-0.2, 0) is 14.1 Å². The van der Waals surface area contributed by atoms with Crippen molar-refractivity contribution in [1.82, 2.24) is 0 Å². The highest BCUT2D eigenvalue weighted by molar-refractivity contribution is 7.09. The van der Waals surface area contributed by atoms with Crippen molar-refractivity contribution in [2.45, 2.75) is 57.7 Å². The first-order valence-corrected chi connectivity index (χ1v) is 6.43. The molecule has 0 N–H and O–H groups in total. The van der Waals surface area contributed by atoms with E-state index in [0.29, 0.717) is 12.8 Å². The zero-order chi connectivity index (χ0) is 14.0. The van der Waals surface area contributed by atoms with E-state index in [-0.39, 0.29) is 13.0 Å². The molecule has 18 heavy (non-hydrogen) atoms. The van der Waals surface area contributed by atoms with E-state index in [1.807, 2.05) is 9.47 Å². The van der Waals surface area contributed by atoms with Gasteiger partial charge in [0.25, 0.3) is 0 Å². The lowest BCUT2D eigenvalue weighted by Crippen LogP contribution is -2.20. The smallest absolute Gasteiger partial charge is 0.389 e. The van der Waals surface area contributed by atoms with E-state index in [1.54, 1.807) is 6.92 Å². The summed E-state index contributed by atoms with van der Waals surface area (Å²) in [6.45, 7) is 1.86. The molecule has 108 valence electrons. The second-order valence-corrected chi connectivity index (χ2v) is 4.35. The molecule has 0 fully saturated rings. The van der Waals surface area contributed by atoms with Crippen molar-refractivity contribution in [3.63, 3.8) is 0 Å². The Morgan fingerprint density at radius 1 is 1.17 bits per heavy atom. The molecule has 0 aromatic carbocycles. The van der Waals surface area contributed by atoms with Crippen molar-refractivity contribution in [1.29, 1.82) is 0 Å². The topological polar surface area (TPSA) is 35.5 Å². The van der Waals surface area contributed by atoms with Crippen LogP contribution in [-0.4, -0.2) is 24.9 Å². The number of hydrogen-bond donors (Lipinski definition) is 0. The molecule has 0 amide bonds. The molecule has 0 saturated carbocycles. The maximum absolute atomic E-state index is 11.8. The van der Waals surface area contributed by atoms with Crippen LogP contribution in [0.15, 0.2) is 0 Å². The molecule has 0 radical (unpaired) electrons. The lowest BCUT2D eigenvalue weighted by molar-refractivity contribution is -0.150. The molecule has 2 atom stereocenters. The summed E-state index contributed by atoms with van der Waals surface area (Å²) in [5.74, 6) is -0.429. The molecule has 0 saturated heterocycles. The van der Waals surface area contributed by atoms with Gasteiger partial charge in [0.2, 0.25) is 0 Å². The molecule has 0 heterocycles. The monoisotopic (exact) mass is 288 g/mol. The third kappa shape index (κ3) is 10.8. The molecular weight excluding hydrogens is 268 g/mol. The molecule has 0 aromatic rings. The highest BCUT2D eigenvalue weighted by Gasteiger charge is 2.25. The Hall–Kier alpha value is -0.350. The van der Waals surface area contributed by atoms with Gasteiger partial charge in [-0.05, 0) is 19.8 Å². The van der Waals surface area contributed by atoms with Crippen LogP contribution >= 0.6 is 9.47 Å². The zero-order valence-electron chi connectivity index (χ0n) is 10.5. The summed E-state index contributed by atoms with van der Waals surface area (Å²) in [6, 6.07) is 0. The van der Waals surface area contributed by atoms with E-state index in [1.165, 1.54) is 0 Å². The fourth-order valence-electron chi connectivity index (χ4n) is 1.30. The van der Waals surface area contributed by atoms with Gasteiger partial charge in [0, 0.05) is 15.9 Å². The standard InChI is InChI=1S/C11H20F3O3P/c1-9(17-18)10(15)16-8-6-4-2-3-5-7-11(12,13)14/h9H,2-8,18H2,1H3. The third-order valence-corrected chi connectivity index (χ3v) is 2.79. The van der Waals surface area contributed by atoms with Gasteiger partial charge >= 0.3 is 12.1 Å². The summed E-state index contributed by atoms with van der Waals surface area (Å²) in [5.41, 5.74) is 0. The summed E-state index contributed by atoms with van der Waals surface area (Å²) in [4.78, 5) is 11.1. The second-order valence-electron chi connectivity index (χ2n) is 4.08. The molecule has 2 unspecified atom stereocenters. The summed E-state index contributed by atoms with van der Waals surface area (Å²) in [5, 5.41) is 0. The Kier molecular flexibility index (Phi) is 9.38. The van der Waals surface area contributed by atoms with Gasteiger partial charge in [0.05, 0.1) is 6.61 Å². The predicted octanol–water partition coefficient (Wildman–Crippen LogP) is 3.63. The number of esters is 1. The van der Waals surface area contributed by atoms with E-state index in [9.17, 15) is 18.0 Å². The molecule has 0 aromatic heterocycles. The fraction of sp³-hybridized carbons (Fsp3) is 0.909. The van der Waals surface area contributed by atoms with E-state index < -0.39 is 24.7 Å². The number of carbonyl (C=O) groups is 1. The molecule has 0 aliphatic carbocycles. The third-order valence-electron chi connectivity index (χ3n) is 2.38. The maximum atomic E-state index is 11.8. The van der Waals surface area contributed by atoms with Gasteiger partial charge in [0.15, 0.2) is 6.10 Å². The van der Waals surface area contributed by atoms with Gasteiger partial charge in [-0.25, -0.2) is 4.79 Å². The molecular formula is C11H20F3O3P. The first kappa shape index (κ1) is 17.6. The van der Waals surface area contributed by atoms with Gasteiger partial charge in [-0.1, -0.05) is 19.3 Å². The lowest BCUT2D eigenvalue weighted by Gasteiger charge is -2.09. The minimum Gasteiger partial charge on any atom is -0.464 e. The first-order valence-electron chi connectivity index (χ1n) is 5.95. The average Bonchev–Trinajstić information content (AvgIpc) is 2.29. The van der Waals surface area contributed by atoms with Crippen molar-refractivity contribution >= 4 is 15.4 Å². The minimum absolute atomic E-state index is 0.168. The predicted molar refractivity (Wildman–Crippen MR) is 65.0 cm³/mol. The number of carbonyl (C=O) groups excluding carboxylic acids is 1. The molecule has 0 spiro atoms. The minimum atomic E-state index is -4.05.